The number of hydrogen-bond acceptors (Lipinski definition) is 6. The fourth-order valence-corrected chi connectivity index (χ4v) is 4.09. The highest BCUT2D eigenvalue weighted by atomic mass is 32.2. The summed E-state index contributed by atoms with van der Waals surface area (Å²) in [5, 5.41) is 5.50. The lowest BCUT2D eigenvalue weighted by molar-refractivity contribution is -0.136. The maximum absolute atomic E-state index is 12.9. The van der Waals surface area contributed by atoms with Gasteiger partial charge in [0.2, 0.25) is 5.91 Å². The van der Waals surface area contributed by atoms with Crippen molar-refractivity contribution in [2.45, 2.75) is 17.9 Å². The highest BCUT2D eigenvalue weighted by molar-refractivity contribution is 7.98. The minimum Gasteiger partial charge on any atom is -0.456 e. The number of urea groups is 1. The van der Waals surface area contributed by atoms with Crippen molar-refractivity contribution in [1.82, 2.24) is 10.2 Å². The molecule has 4 rings (SSSR count). The number of amides is 3. The molecule has 0 unspecified atom stereocenters. The molecule has 0 saturated heterocycles. The van der Waals surface area contributed by atoms with E-state index in [4.69, 9.17) is 4.74 Å². The zero-order valence-electron chi connectivity index (χ0n) is 17.5. The van der Waals surface area contributed by atoms with Gasteiger partial charge in [0.05, 0.1) is 17.3 Å². The average Bonchev–Trinajstić information content (AvgIpc) is 3.17. The fourth-order valence-electron chi connectivity index (χ4n) is 3.68. The molecule has 32 heavy (non-hydrogen) atoms. The molecule has 2 aromatic carbocycles. The molecule has 2 N–H and O–H groups in total. The number of rotatable bonds is 6. The van der Waals surface area contributed by atoms with Crippen LogP contribution in [0.4, 0.5) is 10.5 Å². The number of anilines is 1. The molecule has 0 saturated carbocycles. The van der Waals surface area contributed by atoms with Crippen molar-refractivity contribution in [2.75, 3.05) is 24.7 Å². The van der Waals surface area contributed by atoms with Crippen LogP contribution in [0.15, 0.2) is 64.7 Å². The number of cyclic esters (lactones) is 1. The Morgan fingerprint density at radius 1 is 1.19 bits per heavy atom. The fraction of sp³-hybridized carbons (Fsp3) is 0.217. The Labute approximate surface area is 189 Å². The van der Waals surface area contributed by atoms with Crippen molar-refractivity contribution in [3.8, 4) is 0 Å². The summed E-state index contributed by atoms with van der Waals surface area (Å²) in [7, 11) is 0. The minimum absolute atomic E-state index is 0.0753. The Morgan fingerprint density at radius 3 is 2.62 bits per heavy atom. The standard InChI is InChI=1S/C23H21N3O5S/c1-13(27)15-4-3-5-16(10-15)24-19(28)11-26-18-12-31-22(29)20(18)21(25-23(26)30)14-6-8-17(32-2)9-7-14/h3-10,21H,11-12H2,1-2H3,(H,24,28)(H,25,30)/t21-/m1/s1. The lowest BCUT2D eigenvalue weighted by Crippen LogP contribution is -2.49. The van der Waals surface area contributed by atoms with Crippen molar-refractivity contribution in [2.24, 2.45) is 0 Å². The maximum Gasteiger partial charge on any atom is 0.338 e. The average molecular weight is 452 g/mol. The Balaban J connectivity index is 1.56. The summed E-state index contributed by atoms with van der Waals surface area (Å²) in [4.78, 5) is 51.8. The number of carbonyl (C=O) groups is 4. The molecule has 2 aromatic rings. The van der Waals surface area contributed by atoms with Crippen LogP contribution in [0.5, 0.6) is 0 Å². The van der Waals surface area contributed by atoms with Gasteiger partial charge in [0.1, 0.15) is 13.2 Å². The van der Waals surface area contributed by atoms with E-state index >= 15 is 0 Å². The Bertz CT molecular complexity index is 1140. The van der Waals surface area contributed by atoms with Gasteiger partial charge in [-0.25, -0.2) is 9.59 Å². The van der Waals surface area contributed by atoms with E-state index in [9.17, 15) is 19.2 Å². The normalized spacial score (nSPS) is 17.6. The van der Waals surface area contributed by atoms with Crippen LogP contribution < -0.4 is 10.6 Å². The maximum atomic E-state index is 12.9. The van der Waals surface area contributed by atoms with E-state index in [1.807, 2.05) is 30.5 Å². The molecule has 2 heterocycles. The number of carbonyl (C=O) groups excluding carboxylic acids is 4. The first kappa shape index (κ1) is 21.6. The predicted octanol–water partition coefficient (Wildman–Crippen LogP) is 3.13. The third-order valence-corrected chi connectivity index (χ3v) is 6.05. The highest BCUT2D eigenvalue weighted by Crippen LogP contribution is 2.35. The number of nitrogens with zero attached hydrogens (tertiary/aromatic N) is 1. The third-order valence-electron chi connectivity index (χ3n) is 5.30. The molecule has 164 valence electrons. The molecule has 9 heteroatoms. The second-order valence-electron chi connectivity index (χ2n) is 7.36. The summed E-state index contributed by atoms with van der Waals surface area (Å²) in [6.07, 6.45) is 1.96. The largest absolute Gasteiger partial charge is 0.456 e. The molecule has 1 atom stereocenters. The Kier molecular flexibility index (Phi) is 6.00. The summed E-state index contributed by atoms with van der Waals surface area (Å²) < 4.78 is 5.20. The summed E-state index contributed by atoms with van der Waals surface area (Å²) >= 11 is 1.59. The topological polar surface area (TPSA) is 105 Å². The van der Waals surface area contributed by atoms with E-state index in [0.717, 1.165) is 10.5 Å². The lowest BCUT2D eigenvalue weighted by atomic mass is 9.96. The van der Waals surface area contributed by atoms with Gasteiger partial charge in [-0.2, -0.15) is 0 Å². The molecule has 8 nitrogen and oxygen atoms in total. The number of thioether (sulfide) groups is 1. The van der Waals surface area contributed by atoms with Crippen molar-refractivity contribution in [3.05, 3.63) is 70.9 Å². The van der Waals surface area contributed by atoms with Crippen LogP contribution in [-0.2, 0) is 14.3 Å². The lowest BCUT2D eigenvalue weighted by Gasteiger charge is -2.32. The quantitative estimate of drug-likeness (QED) is 0.397. The van der Waals surface area contributed by atoms with Crippen LogP contribution in [0.2, 0.25) is 0 Å². The summed E-state index contributed by atoms with van der Waals surface area (Å²) in [5.41, 5.74) is 2.37. The second-order valence-corrected chi connectivity index (χ2v) is 8.24. The first-order valence-corrected chi connectivity index (χ1v) is 11.1. The molecule has 3 amide bonds. The van der Waals surface area contributed by atoms with Gasteiger partial charge in [0, 0.05) is 16.1 Å². The summed E-state index contributed by atoms with van der Waals surface area (Å²) in [5.74, 6) is -1.10. The monoisotopic (exact) mass is 451 g/mol. The molecule has 0 bridgehead atoms. The number of esters is 1. The molecule has 0 spiro atoms. The Morgan fingerprint density at radius 2 is 1.94 bits per heavy atom. The smallest absolute Gasteiger partial charge is 0.338 e. The molecule has 2 aliphatic rings. The number of nitrogens with one attached hydrogen (secondary N) is 2. The van der Waals surface area contributed by atoms with Gasteiger partial charge in [0.25, 0.3) is 0 Å². The van der Waals surface area contributed by atoms with Gasteiger partial charge in [-0.3, -0.25) is 14.5 Å². The van der Waals surface area contributed by atoms with Crippen molar-refractivity contribution in [3.63, 3.8) is 0 Å². The number of Topliss-reactive ketones (excluding diaryl/α,β-unsaturated/α-hetero) is 1. The van der Waals surface area contributed by atoms with E-state index in [1.165, 1.54) is 11.8 Å². The molecule has 0 fully saturated rings. The van der Waals surface area contributed by atoms with Gasteiger partial charge in [-0.05, 0) is 43.0 Å². The summed E-state index contributed by atoms with van der Waals surface area (Å²) in [6, 6.07) is 13.0. The van der Waals surface area contributed by atoms with Crippen molar-refractivity contribution >= 4 is 41.1 Å². The van der Waals surface area contributed by atoms with Crippen LogP contribution in [-0.4, -0.2) is 48.0 Å². The zero-order valence-corrected chi connectivity index (χ0v) is 18.3. The van der Waals surface area contributed by atoms with E-state index in [1.54, 1.807) is 36.0 Å². The zero-order chi connectivity index (χ0) is 22.8. The first-order valence-electron chi connectivity index (χ1n) is 9.90. The van der Waals surface area contributed by atoms with Crippen LogP contribution in [0.1, 0.15) is 28.9 Å². The van der Waals surface area contributed by atoms with E-state index in [2.05, 4.69) is 10.6 Å². The van der Waals surface area contributed by atoms with Crippen LogP contribution in [0, 0.1) is 0 Å². The predicted molar refractivity (Wildman–Crippen MR) is 119 cm³/mol. The number of benzene rings is 2. The highest BCUT2D eigenvalue weighted by Gasteiger charge is 2.42. The number of ether oxygens (including phenoxy) is 1. The van der Waals surface area contributed by atoms with Gasteiger partial charge in [-0.1, -0.05) is 24.3 Å². The molecule has 0 aromatic heterocycles. The van der Waals surface area contributed by atoms with Crippen molar-refractivity contribution < 1.29 is 23.9 Å². The van der Waals surface area contributed by atoms with Crippen molar-refractivity contribution in [1.29, 1.82) is 0 Å². The minimum atomic E-state index is -0.644. The van der Waals surface area contributed by atoms with Crippen LogP contribution >= 0.6 is 11.8 Å². The molecule has 0 aliphatic carbocycles. The second kappa shape index (κ2) is 8.88. The number of ketones is 1. The van der Waals surface area contributed by atoms with Gasteiger partial charge in [0.15, 0.2) is 5.78 Å². The van der Waals surface area contributed by atoms with E-state index < -0.39 is 23.9 Å². The molecular weight excluding hydrogens is 430 g/mol. The van der Waals surface area contributed by atoms with Gasteiger partial charge >= 0.3 is 12.0 Å². The van der Waals surface area contributed by atoms with Gasteiger partial charge in [-0.15, -0.1) is 11.8 Å². The first-order chi connectivity index (χ1) is 15.4. The SMILES string of the molecule is CSc1ccc([C@H]2NC(=O)N(CC(=O)Nc3cccc(C(C)=O)c3)C3=C2C(=O)OC3)cc1. The molecular formula is C23H21N3O5S. The van der Waals surface area contributed by atoms with E-state index in [-0.39, 0.29) is 18.9 Å². The molecule has 0 radical (unpaired) electrons. The van der Waals surface area contributed by atoms with Crippen LogP contribution in [0.3, 0.4) is 0 Å². The van der Waals surface area contributed by atoms with E-state index in [0.29, 0.717) is 22.5 Å². The molecule has 2 aliphatic heterocycles. The summed E-state index contributed by atoms with van der Waals surface area (Å²) in [6.45, 7) is 1.06. The van der Waals surface area contributed by atoms with Gasteiger partial charge < -0.3 is 15.4 Å². The Hall–Kier alpha value is -3.59. The third kappa shape index (κ3) is 4.24. The number of hydrogen-bond donors (Lipinski definition) is 2. The van der Waals surface area contributed by atoms with Crippen LogP contribution in [0.25, 0.3) is 0 Å².